The van der Waals surface area contributed by atoms with Crippen molar-refractivity contribution in [3.05, 3.63) is 0 Å². The monoisotopic (exact) mass is 282 g/mol. The molecule has 0 aromatic rings. The van der Waals surface area contributed by atoms with Crippen LogP contribution in [0.4, 0.5) is 0 Å². The zero-order valence-corrected chi connectivity index (χ0v) is 12.0. The van der Waals surface area contributed by atoms with E-state index in [9.17, 15) is 4.57 Å². The fourth-order valence-electron chi connectivity index (χ4n) is 1.54. The van der Waals surface area contributed by atoms with Crippen LogP contribution in [0.25, 0.3) is 0 Å². The van der Waals surface area contributed by atoms with E-state index in [1.54, 1.807) is 0 Å². The lowest BCUT2D eigenvalue weighted by Crippen LogP contribution is -2.24. The molecule has 0 aliphatic carbocycles. The first-order valence-electron chi connectivity index (χ1n) is 5.94. The molecule has 0 heterocycles. The van der Waals surface area contributed by atoms with Gasteiger partial charge in [-0.2, -0.15) is 0 Å². The molecule has 7 heteroatoms. The van der Waals surface area contributed by atoms with E-state index in [2.05, 4.69) is 6.92 Å². The molecule has 0 rings (SSSR count). The minimum Gasteiger partial charge on any atom is -0.387 e. The molecule has 5 nitrogen and oxygen atoms in total. The van der Waals surface area contributed by atoms with Crippen LogP contribution < -0.4 is 5.73 Å². The maximum absolute atomic E-state index is 10.8. The van der Waals surface area contributed by atoms with E-state index in [1.165, 1.54) is 19.3 Å². The van der Waals surface area contributed by atoms with Crippen molar-refractivity contribution in [2.75, 3.05) is 0 Å². The largest absolute Gasteiger partial charge is 0.387 e. The number of rotatable bonds is 10. The van der Waals surface area contributed by atoms with Crippen molar-refractivity contribution in [1.29, 1.82) is 5.41 Å². The Hall–Kier alpha value is -0.0300. The van der Waals surface area contributed by atoms with Crippen molar-refractivity contribution < 1.29 is 14.4 Å². The summed E-state index contributed by atoms with van der Waals surface area (Å²) in [6.07, 6.45) is 7.23. The number of hydrogen-bond donors (Lipinski definition) is 4. The van der Waals surface area contributed by atoms with Crippen molar-refractivity contribution in [1.82, 2.24) is 0 Å². The highest BCUT2D eigenvalue weighted by atomic mass is 32.7. The smallest absolute Gasteiger partial charge is 0.384 e. The fraction of sp³-hybridized carbons (Fsp3) is 0.900. The average Bonchev–Trinajstić information content (AvgIpc) is 2.19. The predicted molar refractivity (Wildman–Crippen MR) is 73.3 cm³/mol. The Morgan fingerprint density at radius 1 is 1.29 bits per heavy atom. The molecule has 5 N–H and O–H groups in total. The summed E-state index contributed by atoms with van der Waals surface area (Å²) >= 11 is 0.495. The summed E-state index contributed by atoms with van der Waals surface area (Å²) in [5.74, 6) is -0.146. The predicted octanol–water partition coefficient (Wildman–Crippen LogP) is 2.87. The summed E-state index contributed by atoms with van der Waals surface area (Å²) in [5.41, 5.74) is 5.33. The molecular weight excluding hydrogens is 259 g/mol. The van der Waals surface area contributed by atoms with Gasteiger partial charge in [-0.3, -0.25) is 5.41 Å². The molecule has 1 unspecified atom stereocenters. The van der Waals surface area contributed by atoms with E-state index >= 15 is 0 Å². The normalized spacial score (nSPS) is 13.6. The van der Waals surface area contributed by atoms with E-state index in [0.29, 0.717) is 17.8 Å². The van der Waals surface area contributed by atoms with Crippen LogP contribution in [-0.4, -0.2) is 20.9 Å². The van der Waals surface area contributed by atoms with Crippen molar-refractivity contribution in [3.63, 3.8) is 0 Å². The van der Waals surface area contributed by atoms with Crippen LogP contribution in [0, 0.1) is 5.41 Å². The average molecular weight is 282 g/mol. The summed E-state index contributed by atoms with van der Waals surface area (Å²) in [6.45, 7) is -1.99. The standard InChI is InChI=1S/C10H23N2O3PS/c1-2-3-4-5-6-7-8-9(10(11)12)17-16(13,14)15/h9H,2-8H2,1H3,(H3,11,12)(H2,13,14,15). The summed E-state index contributed by atoms with van der Waals surface area (Å²) in [7, 11) is 0. The van der Waals surface area contributed by atoms with Gasteiger partial charge in [0, 0.05) is 0 Å². The molecule has 0 saturated heterocycles. The Morgan fingerprint density at radius 3 is 2.29 bits per heavy atom. The summed E-state index contributed by atoms with van der Waals surface area (Å²) in [5, 5.41) is 6.74. The quantitative estimate of drug-likeness (QED) is 0.213. The van der Waals surface area contributed by atoms with Crippen LogP contribution in [0.5, 0.6) is 0 Å². The second-order valence-electron chi connectivity index (χ2n) is 4.10. The Balaban J connectivity index is 3.79. The van der Waals surface area contributed by atoms with E-state index in [1.807, 2.05) is 0 Å². The number of nitrogens with two attached hydrogens (primary N) is 1. The molecule has 102 valence electrons. The van der Waals surface area contributed by atoms with Crippen LogP contribution in [0.3, 0.4) is 0 Å². The highest BCUT2D eigenvalue weighted by Crippen LogP contribution is 2.53. The van der Waals surface area contributed by atoms with Gasteiger partial charge in [0.1, 0.15) is 5.84 Å². The Bertz CT molecular complexity index is 270. The van der Waals surface area contributed by atoms with E-state index < -0.39 is 12.0 Å². The molecule has 0 aromatic heterocycles. The van der Waals surface area contributed by atoms with Crippen molar-refractivity contribution >= 4 is 24.0 Å². The highest BCUT2D eigenvalue weighted by Gasteiger charge is 2.24. The number of amidine groups is 1. The van der Waals surface area contributed by atoms with Gasteiger partial charge in [0.2, 0.25) is 0 Å². The minimum atomic E-state index is -4.15. The molecule has 1 atom stereocenters. The summed E-state index contributed by atoms with van der Waals surface area (Å²) < 4.78 is 10.8. The topological polar surface area (TPSA) is 107 Å². The maximum atomic E-state index is 10.8. The molecule has 17 heavy (non-hydrogen) atoms. The Kier molecular flexibility index (Phi) is 8.96. The van der Waals surface area contributed by atoms with E-state index in [-0.39, 0.29) is 5.84 Å². The third-order valence-electron chi connectivity index (χ3n) is 2.43. The lowest BCUT2D eigenvalue weighted by molar-refractivity contribution is 0.396. The molecule has 0 spiro atoms. The molecule has 0 amide bonds. The van der Waals surface area contributed by atoms with Gasteiger partial charge in [0.05, 0.1) is 5.25 Å². The molecule has 0 saturated carbocycles. The van der Waals surface area contributed by atoms with Crippen LogP contribution in [0.1, 0.15) is 51.9 Å². The first-order chi connectivity index (χ1) is 7.87. The molecule has 0 aromatic carbocycles. The number of hydrogen-bond acceptors (Lipinski definition) is 3. The molecule has 0 radical (unpaired) electrons. The van der Waals surface area contributed by atoms with Gasteiger partial charge >= 0.3 is 6.80 Å². The van der Waals surface area contributed by atoms with Crippen LogP contribution in [-0.2, 0) is 4.57 Å². The van der Waals surface area contributed by atoms with Crippen molar-refractivity contribution in [2.45, 2.75) is 57.1 Å². The molecule has 0 aliphatic heterocycles. The minimum absolute atomic E-state index is 0.146. The maximum Gasteiger partial charge on any atom is 0.384 e. The van der Waals surface area contributed by atoms with Crippen LogP contribution in [0.15, 0.2) is 0 Å². The second kappa shape index (κ2) is 8.97. The molecule has 0 bridgehead atoms. The SMILES string of the molecule is CCCCCCCCC(SP(=O)(O)O)C(=N)N. The fourth-order valence-corrected chi connectivity index (χ4v) is 3.91. The van der Waals surface area contributed by atoms with Gasteiger partial charge < -0.3 is 15.5 Å². The highest BCUT2D eigenvalue weighted by molar-refractivity contribution is 8.55. The van der Waals surface area contributed by atoms with E-state index in [0.717, 1.165) is 19.3 Å². The van der Waals surface area contributed by atoms with Crippen molar-refractivity contribution in [2.24, 2.45) is 5.73 Å². The molecule has 0 fully saturated rings. The van der Waals surface area contributed by atoms with Crippen LogP contribution in [0.2, 0.25) is 0 Å². The van der Waals surface area contributed by atoms with Gasteiger partial charge in [-0.25, -0.2) is 4.57 Å². The zero-order valence-electron chi connectivity index (χ0n) is 10.3. The third-order valence-corrected chi connectivity index (χ3v) is 5.04. The molecule has 0 aliphatic rings. The lowest BCUT2D eigenvalue weighted by atomic mass is 10.1. The van der Waals surface area contributed by atoms with Crippen LogP contribution >= 0.6 is 18.2 Å². The third kappa shape index (κ3) is 10.8. The first kappa shape index (κ1) is 17.0. The lowest BCUT2D eigenvalue weighted by Gasteiger charge is -2.15. The van der Waals surface area contributed by atoms with E-state index in [4.69, 9.17) is 20.9 Å². The number of unbranched alkanes of at least 4 members (excludes halogenated alkanes) is 5. The molecular formula is C10H23N2O3PS. The number of nitrogens with one attached hydrogen (secondary N) is 1. The van der Waals surface area contributed by atoms with Gasteiger partial charge in [0.15, 0.2) is 0 Å². The zero-order chi connectivity index (χ0) is 13.3. The van der Waals surface area contributed by atoms with Crippen molar-refractivity contribution in [3.8, 4) is 0 Å². The summed E-state index contributed by atoms with van der Waals surface area (Å²) in [4.78, 5) is 17.7. The first-order valence-corrected chi connectivity index (χ1v) is 9.04. The Labute approximate surface area is 107 Å². The Morgan fingerprint density at radius 2 is 1.82 bits per heavy atom. The van der Waals surface area contributed by atoms with Gasteiger partial charge in [0.25, 0.3) is 0 Å². The second-order valence-corrected chi connectivity index (χ2v) is 7.92. The summed E-state index contributed by atoms with van der Waals surface area (Å²) in [6, 6.07) is 0. The van der Waals surface area contributed by atoms with Gasteiger partial charge in [-0.05, 0) is 17.8 Å². The van der Waals surface area contributed by atoms with Gasteiger partial charge in [-0.15, -0.1) is 0 Å². The van der Waals surface area contributed by atoms with Gasteiger partial charge in [-0.1, -0.05) is 45.4 Å².